The molecule has 1 N–H and O–H groups in total. The molecule has 3 rings (SSSR count). The Bertz CT molecular complexity index is 865. The van der Waals surface area contributed by atoms with Crippen molar-refractivity contribution in [1.82, 2.24) is 0 Å². The van der Waals surface area contributed by atoms with Crippen LogP contribution in [0.15, 0.2) is 54.6 Å². The standard InChI is InChI=1S/C19H16O3/c20-18(10-5-11-19(21)22)17-12-13-6-1-2-7-14(13)15-8-3-4-9-16(15)17/h1-4,6-9,12H,5,10-11H2,(H,21,22). The largest absolute Gasteiger partial charge is 0.481 e. The van der Waals surface area contributed by atoms with E-state index in [2.05, 4.69) is 6.07 Å². The maximum absolute atomic E-state index is 12.5. The van der Waals surface area contributed by atoms with Crippen LogP contribution in [-0.2, 0) is 4.79 Å². The lowest BCUT2D eigenvalue weighted by molar-refractivity contribution is -0.137. The first-order chi connectivity index (χ1) is 10.7. The number of carboxylic acids is 1. The minimum absolute atomic E-state index is 0.00297. The van der Waals surface area contributed by atoms with E-state index < -0.39 is 5.97 Å². The first-order valence-electron chi connectivity index (χ1n) is 7.32. The minimum Gasteiger partial charge on any atom is -0.481 e. The van der Waals surface area contributed by atoms with Gasteiger partial charge in [0.1, 0.15) is 0 Å². The summed E-state index contributed by atoms with van der Waals surface area (Å²) in [4.78, 5) is 23.1. The first kappa shape index (κ1) is 14.3. The van der Waals surface area contributed by atoms with E-state index in [1.54, 1.807) is 0 Å². The van der Waals surface area contributed by atoms with E-state index in [-0.39, 0.29) is 18.6 Å². The number of Topliss-reactive ketones (excluding diaryl/α,β-unsaturated/α-hetero) is 1. The van der Waals surface area contributed by atoms with Crippen molar-refractivity contribution >= 4 is 33.3 Å². The maximum atomic E-state index is 12.5. The van der Waals surface area contributed by atoms with Crippen LogP contribution in [0.2, 0.25) is 0 Å². The topological polar surface area (TPSA) is 54.4 Å². The summed E-state index contributed by atoms with van der Waals surface area (Å²) in [6, 6.07) is 17.8. The predicted octanol–water partition coefficient (Wildman–Crippen LogP) is 4.43. The Hall–Kier alpha value is -2.68. The SMILES string of the molecule is O=C(O)CCCC(=O)c1cc2ccccc2c2ccccc12. The zero-order valence-corrected chi connectivity index (χ0v) is 12.1. The Kier molecular flexibility index (Phi) is 3.88. The third-order valence-corrected chi connectivity index (χ3v) is 3.86. The lowest BCUT2D eigenvalue weighted by Gasteiger charge is -2.09. The Morgan fingerprint density at radius 1 is 0.818 bits per heavy atom. The Balaban J connectivity index is 2.07. The molecule has 3 aromatic carbocycles. The molecule has 3 aromatic rings. The van der Waals surface area contributed by atoms with Gasteiger partial charge in [0, 0.05) is 18.4 Å². The van der Waals surface area contributed by atoms with Crippen molar-refractivity contribution in [3.05, 3.63) is 60.2 Å². The lowest BCUT2D eigenvalue weighted by Crippen LogP contribution is -2.03. The summed E-state index contributed by atoms with van der Waals surface area (Å²) >= 11 is 0. The van der Waals surface area contributed by atoms with Crippen LogP contribution in [0.5, 0.6) is 0 Å². The third-order valence-electron chi connectivity index (χ3n) is 3.86. The molecule has 0 unspecified atom stereocenters. The number of carbonyl (C=O) groups excluding carboxylic acids is 1. The molecule has 22 heavy (non-hydrogen) atoms. The molecular formula is C19H16O3. The Labute approximate surface area is 128 Å². The summed E-state index contributed by atoms with van der Waals surface area (Å²) in [5.74, 6) is -0.862. The van der Waals surface area contributed by atoms with Crippen LogP contribution in [0.25, 0.3) is 21.5 Å². The number of benzene rings is 3. The van der Waals surface area contributed by atoms with Crippen molar-refractivity contribution in [3.8, 4) is 0 Å². The number of carbonyl (C=O) groups is 2. The summed E-state index contributed by atoms with van der Waals surface area (Å²) in [6.45, 7) is 0. The molecule has 0 radical (unpaired) electrons. The van der Waals surface area contributed by atoms with Gasteiger partial charge in [-0.2, -0.15) is 0 Å². The second kappa shape index (κ2) is 5.98. The molecule has 3 heteroatoms. The first-order valence-corrected chi connectivity index (χ1v) is 7.32. The second-order valence-electron chi connectivity index (χ2n) is 5.36. The van der Waals surface area contributed by atoms with Gasteiger partial charge in [-0.15, -0.1) is 0 Å². The fourth-order valence-corrected chi connectivity index (χ4v) is 2.82. The van der Waals surface area contributed by atoms with Gasteiger partial charge in [-0.25, -0.2) is 0 Å². The fraction of sp³-hybridized carbons (Fsp3) is 0.158. The van der Waals surface area contributed by atoms with Crippen LogP contribution in [0.3, 0.4) is 0 Å². The van der Waals surface area contributed by atoms with Crippen LogP contribution >= 0.6 is 0 Å². The average molecular weight is 292 g/mol. The smallest absolute Gasteiger partial charge is 0.303 e. The highest BCUT2D eigenvalue weighted by molar-refractivity contribution is 6.17. The highest BCUT2D eigenvalue weighted by Crippen LogP contribution is 2.29. The van der Waals surface area contributed by atoms with Crippen molar-refractivity contribution in [2.45, 2.75) is 19.3 Å². The third kappa shape index (κ3) is 2.70. The van der Waals surface area contributed by atoms with Gasteiger partial charge in [-0.05, 0) is 34.0 Å². The van der Waals surface area contributed by atoms with E-state index in [1.807, 2.05) is 48.5 Å². The number of fused-ring (bicyclic) bond motifs is 3. The number of rotatable bonds is 5. The van der Waals surface area contributed by atoms with E-state index in [1.165, 1.54) is 0 Å². The number of aliphatic carboxylic acids is 1. The molecule has 0 aliphatic heterocycles. The number of hydrogen-bond donors (Lipinski definition) is 1. The summed E-state index contributed by atoms with van der Waals surface area (Å²) in [5, 5.41) is 12.8. The molecule has 0 fully saturated rings. The molecule has 0 bridgehead atoms. The van der Waals surface area contributed by atoms with Crippen LogP contribution in [-0.4, -0.2) is 16.9 Å². The minimum atomic E-state index is -0.865. The van der Waals surface area contributed by atoms with Crippen molar-refractivity contribution in [2.24, 2.45) is 0 Å². The Morgan fingerprint density at radius 2 is 1.45 bits per heavy atom. The van der Waals surface area contributed by atoms with Gasteiger partial charge in [0.05, 0.1) is 0 Å². The van der Waals surface area contributed by atoms with E-state index in [4.69, 9.17) is 5.11 Å². The van der Waals surface area contributed by atoms with Crippen molar-refractivity contribution in [2.75, 3.05) is 0 Å². The molecule has 0 aromatic heterocycles. The fourth-order valence-electron chi connectivity index (χ4n) is 2.82. The van der Waals surface area contributed by atoms with Crippen molar-refractivity contribution in [3.63, 3.8) is 0 Å². The summed E-state index contributed by atoms with van der Waals surface area (Å²) in [5.41, 5.74) is 0.680. The second-order valence-corrected chi connectivity index (χ2v) is 5.36. The van der Waals surface area contributed by atoms with Gasteiger partial charge in [-0.3, -0.25) is 9.59 Å². The molecule has 3 nitrogen and oxygen atoms in total. The van der Waals surface area contributed by atoms with E-state index in [0.717, 1.165) is 21.5 Å². The number of hydrogen-bond acceptors (Lipinski definition) is 2. The average Bonchev–Trinajstić information content (AvgIpc) is 2.53. The van der Waals surface area contributed by atoms with Gasteiger partial charge in [-0.1, -0.05) is 48.5 Å². The van der Waals surface area contributed by atoms with Gasteiger partial charge in [0.2, 0.25) is 0 Å². The van der Waals surface area contributed by atoms with Gasteiger partial charge in [0.15, 0.2) is 5.78 Å². The molecule has 0 saturated carbocycles. The zero-order valence-electron chi connectivity index (χ0n) is 12.1. The summed E-state index contributed by atoms with van der Waals surface area (Å²) in [7, 11) is 0. The monoisotopic (exact) mass is 292 g/mol. The van der Waals surface area contributed by atoms with Gasteiger partial charge >= 0.3 is 5.97 Å². The van der Waals surface area contributed by atoms with Gasteiger partial charge in [0.25, 0.3) is 0 Å². The van der Waals surface area contributed by atoms with E-state index in [9.17, 15) is 9.59 Å². The van der Waals surface area contributed by atoms with Gasteiger partial charge < -0.3 is 5.11 Å². The van der Waals surface area contributed by atoms with Crippen LogP contribution in [0.1, 0.15) is 29.6 Å². The van der Waals surface area contributed by atoms with Crippen LogP contribution in [0.4, 0.5) is 0 Å². The normalized spacial score (nSPS) is 10.9. The highest BCUT2D eigenvalue weighted by Gasteiger charge is 2.13. The van der Waals surface area contributed by atoms with Crippen molar-refractivity contribution in [1.29, 1.82) is 0 Å². The molecule has 0 heterocycles. The number of ketones is 1. The zero-order chi connectivity index (χ0) is 15.5. The van der Waals surface area contributed by atoms with E-state index in [0.29, 0.717) is 12.0 Å². The highest BCUT2D eigenvalue weighted by atomic mass is 16.4. The summed E-state index contributed by atoms with van der Waals surface area (Å²) < 4.78 is 0. The number of carboxylic acid groups (broad SMARTS) is 1. The summed E-state index contributed by atoms with van der Waals surface area (Å²) in [6.07, 6.45) is 0.654. The molecule has 110 valence electrons. The molecular weight excluding hydrogens is 276 g/mol. The molecule has 0 amide bonds. The maximum Gasteiger partial charge on any atom is 0.303 e. The predicted molar refractivity (Wildman–Crippen MR) is 87.3 cm³/mol. The molecule has 0 saturated heterocycles. The van der Waals surface area contributed by atoms with Crippen LogP contribution < -0.4 is 0 Å². The molecule has 0 aliphatic carbocycles. The van der Waals surface area contributed by atoms with Crippen molar-refractivity contribution < 1.29 is 14.7 Å². The molecule has 0 aliphatic rings. The lowest BCUT2D eigenvalue weighted by atomic mass is 9.93. The van der Waals surface area contributed by atoms with Crippen LogP contribution in [0, 0.1) is 0 Å². The molecule has 0 spiro atoms. The quantitative estimate of drug-likeness (QED) is 0.559. The van der Waals surface area contributed by atoms with E-state index >= 15 is 0 Å². The Morgan fingerprint density at radius 3 is 2.18 bits per heavy atom. The molecule has 0 atom stereocenters.